The highest BCUT2D eigenvalue weighted by atomic mass is 35.5. The number of carboxylic acid groups (broad SMARTS) is 1. The van der Waals surface area contributed by atoms with E-state index in [1.807, 2.05) is 6.07 Å². The molecule has 2 atom stereocenters. The van der Waals surface area contributed by atoms with Crippen LogP contribution in [0, 0.1) is 11.8 Å². The van der Waals surface area contributed by atoms with Gasteiger partial charge in [0.2, 0.25) is 0 Å². The molecule has 4 heteroatoms. The molecule has 20 heavy (non-hydrogen) atoms. The van der Waals surface area contributed by atoms with Crippen LogP contribution >= 0.6 is 11.6 Å². The van der Waals surface area contributed by atoms with Gasteiger partial charge in [-0.3, -0.25) is 0 Å². The Kier molecular flexibility index (Phi) is 3.88. The van der Waals surface area contributed by atoms with Crippen molar-refractivity contribution in [1.82, 2.24) is 0 Å². The standard InChI is InChI=1S/C16H20ClNO2/c17-15-9-13(5-6-14(15)16(19)20)18-8-7-11-3-1-2-4-12(11)10-18/h5-6,9,11-12H,1-4,7-8,10H2,(H,19,20). The maximum Gasteiger partial charge on any atom is 0.337 e. The number of nitrogens with zero attached hydrogens (tertiary/aromatic N) is 1. The summed E-state index contributed by atoms with van der Waals surface area (Å²) in [6.45, 7) is 2.15. The summed E-state index contributed by atoms with van der Waals surface area (Å²) in [5, 5.41) is 9.36. The van der Waals surface area contributed by atoms with Gasteiger partial charge in [0.05, 0.1) is 10.6 Å². The molecule has 108 valence electrons. The van der Waals surface area contributed by atoms with E-state index in [0.717, 1.165) is 30.6 Å². The number of hydrogen-bond donors (Lipinski definition) is 1. The molecule has 0 amide bonds. The van der Waals surface area contributed by atoms with Gasteiger partial charge in [0, 0.05) is 18.8 Å². The molecule has 2 aliphatic rings. The third-order valence-corrected chi connectivity index (χ3v) is 5.15. The van der Waals surface area contributed by atoms with Crippen molar-refractivity contribution in [3.8, 4) is 0 Å². The first-order chi connectivity index (χ1) is 9.65. The lowest BCUT2D eigenvalue weighted by atomic mass is 9.75. The van der Waals surface area contributed by atoms with Gasteiger partial charge in [-0.2, -0.15) is 0 Å². The Morgan fingerprint density at radius 2 is 1.95 bits per heavy atom. The molecular weight excluding hydrogens is 274 g/mol. The van der Waals surface area contributed by atoms with E-state index in [2.05, 4.69) is 4.90 Å². The highest BCUT2D eigenvalue weighted by molar-refractivity contribution is 6.33. The monoisotopic (exact) mass is 293 g/mol. The number of piperidine rings is 1. The first kappa shape index (κ1) is 13.7. The molecule has 1 saturated heterocycles. The molecule has 0 radical (unpaired) electrons. The molecule has 2 unspecified atom stereocenters. The van der Waals surface area contributed by atoms with Crippen molar-refractivity contribution in [3.63, 3.8) is 0 Å². The number of benzene rings is 1. The summed E-state index contributed by atoms with van der Waals surface area (Å²) >= 11 is 6.07. The van der Waals surface area contributed by atoms with Crippen molar-refractivity contribution in [2.24, 2.45) is 11.8 Å². The van der Waals surface area contributed by atoms with Gasteiger partial charge in [-0.1, -0.05) is 30.9 Å². The Hall–Kier alpha value is -1.22. The van der Waals surface area contributed by atoms with Crippen LogP contribution in [0.1, 0.15) is 42.5 Å². The van der Waals surface area contributed by atoms with E-state index >= 15 is 0 Å². The van der Waals surface area contributed by atoms with Crippen LogP contribution in [0.4, 0.5) is 5.69 Å². The molecule has 2 fully saturated rings. The number of carboxylic acids is 1. The average molecular weight is 294 g/mol. The van der Waals surface area contributed by atoms with Crippen molar-refractivity contribution in [2.75, 3.05) is 18.0 Å². The molecule has 3 nitrogen and oxygen atoms in total. The first-order valence-corrected chi connectivity index (χ1v) is 7.81. The third-order valence-electron chi connectivity index (χ3n) is 4.84. The Balaban J connectivity index is 1.76. The molecule has 1 aliphatic heterocycles. The molecule has 0 spiro atoms. The van der Waals surface area contributed by atoms with E-state index in [-0.39, 0.29) is 5.56 Å². The molecule has 1 heterocycles. The molecule has 1 aliphatic carbocycles. The topological polar surface area (TPSA) is 40.5 Å². The van der Waals surface area contributed by atoms with Crippen LogP contribution in [0.2, 0.25) is 5.02 Å². The predicted molar refractivity (Wildman–Crippen MR) is 80.7 cm³/mol. The second-order valence-electron chi connectivity index (χ2n) is 6.01. The van der Waals surface area contributed by atoms with E-state index in [1.165, 1.54) is 32.1 Å². The zero-order valence-electron chi connectivity index (χ0n) is 11.5. The van der Waals surface area contributed by atoms with Gasteiger partial charge in [0.25, 0.3) is 0 Å². The van der Waals surface area contributed by atoms with Gasteiger partial charge in [-0.15, -0.1) is 0 Å². The molecule has 0 bridgehead atoms. The zero-order chi connectivity index (χ0) is 14.1. The minimum Gasteiger partial charge on any atom is -0.478 e. The summed E-state index contributed by atoms with van der Waals surface area (Å²) in [5.74, 6) is 0.733. The highest BCUT2D eigenvalue weighted by Gasteiger charge is 2.31. The van der Waals surface area contributed by atoms with Gasteiger partial charge in [0.1, 0.15) is 0 Å². The number of rotatable bonds is 2. The average Bonchev–Trinajstić information content (AvgIpc) is 2.46. The summed E-state index contributed by atoms with van der Waals surface area (Å²) < 4.78 is 0. The van der Waals surface area contributed by atoms with Crippen LogP contribution in [0.15, 0.2) is 18.2 Å². The number of fused-ring (bicyclic) bond motifs is 1. The Bertz CT molecular complexity index is 517. The minimum atomic E-state index is -0.965. The lowest BCUT2D eigenvalue weighted by molar-refractivity contribution is 0.0697. The Morgan fingerprint density at radius 3 is 2.65 bits per heavy atom. The fraction of sp³-hybridized carbons (Fsp3) is 0.562. The van der Waals surface area contributed by atoms with Crippen LogP contribution < -0.4 is 4.90 Å². The van der Waals surface area contributed by atoms with E-state index in [4.69, 9.17) is 16.7 Å². The zero-order valence-corrected chi connectivity index (χ0v) is 12.3. The number of carbonyl (C=O) groups is 1. The van der Waals surface area contributed by atoms with E-state index in [1.54, 1.807) is 12.1 Å². The summed E-state index contributed by atoms with van der Waals surface area (Å²) in [4.78, 5) is 13.4. The number of halogens is 1. The number of anilines is 1. The summed E-state index contributed by atoms with van der Waals surface area (Å²) in [5.41, 5.74) is 1.24. The molecule has 0 aromatic heterocycles. The number of aromatic carboxylic acids is 1. The van der Waals surface area contributed by atoms with Crippen LogP contribution in [-0.4, -0.2) is 24.2 Å². The van der Waals surface area contributed by atoms with E-state index in [9.17, 15) is 4.79 Å². The molecule has 1 N–H and O–H groups in total. The SMILES string of the molecule is O=C(O)c1ccc(N2CCC3CCCCC3C2)cc1Cl. The smallest absolute Gasteiger partial charge is 0.337 e. The minimum absolute atomic E-state index is 0.183. The van der Waals surface area contributed by atoms with E-state index < -0.39 is 5.97 Å². The van der Waals surface area contributed by atoms with Gasteiger partial charge in [-0.05, 0) is 42.9 Å². The lowest BCUT2D eigenvalue weighted by Crippen LogP contribution is -2.41. The summed E-state index contributed by atoms with van der Waals surface area (Å²) in [6.07, 6.45) is 6.72. The third kappa shape index (κ3) is 2.64. The first-order valence-electron chi connectivity index (χ1n) is 7.43. The van der Waals surface area contributed by atoms with Crippen LogP contribution in [0.5, 0.6) is 0 Å². The van der Waals surface area contributed by atoms with Crippen LogP contribution in [0.25, 0.3) is 0 Å². The quantitative estimate of drug-likeness (QED) is 0.894. The van der Waals surface area contributed by atoms with Crippen molar-refractivity contribution >= 4 is 23.3 Å². The van der Waals surface area contributed by atoms with Gasteiger partial charge in [0.15, 0.2) is 0 Å². The van der Waals surface area contributed by atoms with E-state index in [0.29, 0.717) is 5.02 Å². The van der Waals surface area contributed by atoms with Crippen molar-refractivity contribution in [3.05, 3.63) is 28.8 Å². The lowest BCUT2D eigenvalue weighted by Gasteiger charge is -2.42. The number of hydrogen-bond acceptors (Lipinski definition) is 2. The molecular formula is C16H20ClNO2. The molecule has 1 aromatic carbocycles. The van der Waals surface area contributed by atoms with Gasteiger partial charge in [-0.25, -0.2) is 4.79 Å². The van der Waals surface area contributed by atoms with Crippen molar-refractivity contribution in [2.45, 2.75) is 32.1 Å². The van der Waals surface area contributed by atoms with Crippen LogP contribution in [0.3, 0.4) is 0 Å². The Labute approximate surface area is 124 Å². The second-order valence-corrected chi connectivity index (χ2v) is 6.42. The molecule has 1 saturated carbocycles. The molecule has 1 aromatic rings. The fourth-order valence-corrected chi connectivity index (χ4v) is 3.97. The van der Waals surface area contributed by atoms with Gasteiger partial charge < -0.3 is 10.0 Å². The van der Waals surface area contributed by atoms with Crippen LogP contribution in [-0.2, 0) is 0 Å². The van der Waals surface area contributed by atoms with Gasteiger partial charge >= 0.3 is 5.97 Å². The maximum absolute atomic E-state index is 11.0. The maximum atomic E-state index is 11.0. The second kappa shape index (κ2) is 5.65. The molecule has 3 rings (SSSR count). The van der Waals surface area contributed by atoms with Crippen molar-refractivity contribution in [1.29, 1.82) is 0 Å². The Morgan fingerprint density at radius 1 is 1.20 bits per heavy atom. The van der Waals surface area contributed by atoms with Crippen molar-refractivity contribution < 1.29 is 9.90 Å². The highest BCUT2D eigenvalue weighted by Crippen LogP contribution is 2.38. The fourth-order valence-electron chi connectivity index (χ4n) is 3.71. The summed E-state index contributed by atoms with van der Waals surface area (Å²) in [6, 6.07) is 5.31. The summed E-state index contributed by atoms with van der Waals surface area (Å²) in [7, 11) is 0. The predicted octanol–water partition coefficient (Wildman–Crippen LogP) is 4.05. The largest absolute Gasteiger partial charge is 0.478 e. The normalized spacial score (nSPS) is 26.1.